The standard InChI is InChI=1S/C16H19FN4O5/c1-9-4-5-11(10(17)8-9)18-13-12(14(23)20-26-7-3-6-22)15(24)21(2)16(25)19-13/h4-5,8,18,22H,3,6-7H2,1-2H3,(H,19,25)(H,20,23). The first-order valence-corrected chi connectivity index (χ1v) is 7.74. The summed E-state index contributed by atoms with van der Waals surface area (Å²) in [4.78, 5) is 43.6. The van der Waals surface area contributed by atoms with E-state index >= 15 is 0 Å². The van der Waals surface area contributed by atoms with E-state index in [9.17, 15) is 18.8 Å². The molecule has 140 valence electrons. The summed E-state index contributed by atoms with van der Waals surface area (Å²) < 4.78 is 14.8. The summed E-state index contributed by atoms with van der Waals surface area (Å²) >= 11 is 0. The Morgan fingerprint density at radius 1 is 1.38 bits per heavy atom. The van der Waals surface area contributed by atoms with Crippen molar-refractivity contribution >= 4 is 17.4 Å². The first kappa shape index (κ1) is 19.3. The number of carbonyl (C=O) groups excluding carboxylic acids is 1. The molecule has 0 unspecified atom stereocenters. The van der Waals surface area contributed by atoms with E-state index in [4.69, 9.17) is 9.94 Å². The second-order valence-corrected chi connectivity index (χ2v) is 5.51. The van der Waals surface area contributed by atoms with Gasteiger partial charge in [0, 0.05) is 13.7 Å². The number of amides is 1. The Bertz CT molecular complexity index is 922. The minimum absolute atomic E-state index is 0.0187. The maximum atomic E-state index is 14.0. The fraction of sp³-hybridized carbons (Fsp3) is 0.312. The Morgan fingerprint density at radius 2 is 2.12 bits per heavy atom. The van der Waals surface area contributed by atoms with Crippen LogP contribution in [0.25, 0.3) is 0 Å². The molecule has 0 spiro atoms. The second-order valence-electron chi connectivity index (χ2n) is 5.51. The molecule has 0 saturated heterocycles. The lowest BCUT2D eigenvalue weighted by Crippen LogP contribution is -2.40. The monoisotopic (exact) mass is 366 g/mol. The quantitative estimate of drug-likeness (QED) is 0.413. The van der Waals surface area contributed by atoms with Gasteiger partial charge in [-0.1, -0.05) is 6.07 Å². The van der Waals surface area contributed by atoms with Gasteiger partial charge in [-0.25, -0.2) is 14.7 Å². The number of hydrogen-bond donors (Lipinski definition) is 4. The highest BCUT2D eigenvalue weighted by atomic mass is 19.1. The van der Waals surface area contributed by atoms with Gasteiger partial charge in [-0.15, -0.1) is 0 Å². The molecule has 2 aromatic rings. The summed E-state index contributed by atoms with van der Waals surface area (Å²) in [7, 11) is 1.20. The van der Waals surface area contributed by atoms with E-state index in [1.165, 1.54) is 19.2 Å². The van der Waals surface area contributed by atoms with E-state index in [2.05, 4.69) is 15.8 Å². The Balaban J connectivity index is 2.40. The maximum absolute atomic E-state index is 14.0. The molecule has 0 radical (unpaired) electrons. The first-order chi connectivity index (χ1) is 12.3. The molecule has 1 heterocycles. The number of aromatic amines is 1. The van der Waals surface area contributed by atoms with Gasteiger partial charge >= 0.3 is 5.69 Å². The lowest BCUT2D eigenvalue weighted by atomic mass is 10.2. The number of benzene rings is 1. The van der Waals surface area contributed by atoms with E-state index < -0.39 is 28.5 Å². The smallest absolute Gasteiger partial charge is 0.329 e. The van der Waals surface area contributed by atoms with Crippen LogP contribution < -0.4 is 22.0 Å². The molecule has 0 aliphatic heterocycles. The number of rotatable bonds is 7. The minimum atomic E-state index is -0.921. The number of hydrogen-bond acceptors (Lipinski definition) is 6. The van der Waals surface area contributed by atoms with Crippen LogP contribution in [0.1, 0.15) is 22.3 Å². The minimum Gasteiger partial charge on any atom is -0.396 e. The normalized spacial score (nSPS) is 10.6. The number of anilines is 2. The van der Waals surface area contributed by atoms with Crippen molar-refractivity contribution in [2.24, 2.45) is 7.05 Å². The number of H-pyrrole nitrogens is 1. The van der Waals surface area contributed by atoms with Crippen LogP contribution in [0, 0.1) is 12.7 Å². The zero-order chi connectivity index (χ0) is 19.3. The molecule has 1 aromatic heterocycles. The van der Waals surface area contributed by atoms with Crippen LogP contribution in [-0.4, -0.2) is 33.8 Å². The number of nitrogens with zero attached hydrogens (tertiary/aromatic N) is 1. The van der Waals surface area contributed by atoms with Gasteiger partial charge in [0.1, 0.15) is 17.2 Å². The average Bonchev–Trinajstić information content (AvgIpc) is 2.59. The van der Waals surface area contributed by atoms with Gasteiger partial charge in [0.2, 0.25) is 0 Å². The fourth-order valence-electron chi connectivity index (χ4n) is 2.09. The van der Waals surface area contributed by atoms with Crippen molar-refractivity contribution in [2.45, 2.75) is 13.3 Å². The van der Waals surface area contributed by atoms with Crippen LogP contribution in [0.4, 0.5) is 15.9 Å². The van der Waals surface area contributed by atoms with E-state index in [0.29, 0.717) is 10.1 Å². The van der Waals surface area contributed by atoms with Crippen LogP contribution >= 0.6 is 0 Å². The molecular formula is C16H19FN4O5. The summed E-state index contributed by atoms with van der Waals surface area (Å²) in [6.07, 6.45) is 0.281. The molecule has 26 heavy (non-hydrogen) atoms. The largest absolute Gasteiger partial charge is 0.396 e. The summed E-state index contributed by atoms with van der Waals surface area (Å²) in [5, 5.41) is 11.2. The topological polar surface area (TPSA) is 125 Å². The molecule has 1 aromatic carbocycles. The number of hydroxylamine groups is 1. The lowest BCUT2D eigenvalue weighted by Gasteiger charge is -2.13. The highest BCUT2D eigenvalue weighted by Gasteiger charge is 2.21. The van der Waals surface area contributed by atoms with Crippen LogP contribution in [0.3, 0.4) is 0 Å². The van der Waals surface area contributed by atoms with Crippen molar-refractivity contribution in [1.29, 1.82) is 0 Å². The number of aryl methyl sites for hydroxylation is 1. The van der Waals surface area contributed by atoms with E-state index in [0.717, 1.165) is 0 Å². The third-order valence-corrected chi connectivity index (χ3v) is 3.49. The van der Waals surface area contributed by atoms with Crippen molar-refractivity contribution in [3.8, 4) is 0 Å². The fourth-order valence-corrected chi connectivity index (χ4v) is 2.09. The van der Waals surface area contributed by atoms with Crippen molar-refractivity contribution in [1.82, 2.24) is 15.0 Å². The Hall–Kier alpha value is -2.98. The van der Waals surface area contributed by atoms with E-state index in [1.54, 1.807) is 13.0 Å². The second kappa shape index (κ2) is 8.41. The van der Waals surface area contributed by atoms with Crippen molar-refractivity contribution < 1.29 is 19.1 Å². The molecular weight excluding hydrogens is 347 g/mol. The molecule has 2 rings (SSSR count). The molecule has 0 saturated carbocycles. The zero-order valence-electron chi connectivity index (χ0n) is 14.3. The highest BCUT2D eigenvalue weighted by Crippen LogP contribution is 2.20. The lowest BCUT2D eigenvalue weighted by molar-refractivity contribution is 0.0260. The zero-order valence-corrected chi connectivity index (χ0v) is 14.3. The number of aliphatic hydroxyl groups is 1. The Morgan fingerprint density at radius 3 is 2.77 bits per heavy atom. The van der Waals surface area contributed by atoms with E-state index in [1.807, 2.05) is 0 Å². The van der Waals surface area contributed by atoms with Gasteiger partial charge in [0.05, 0.1) is 12.3 Å². The molecule has 0 atom stereocenters. The van der Waals surface area contributed by atoms with Gasteiger partial charge in [0.25, 0.3) is 11.5 Å². The summed E-state index contributed by atoms with van der Waals surface area (Å²) in [6.45, 7) is 1.60. The average molecular weight is 366 g/mol. The molecule has 0 fully saturated rings. The molecule has 10 heteroatoms. The van der Waals surface area contributed by atoms with Crippen LogP contribution in [0.15, 0.2) is 27.8 Å². The number of aromatic nitrogens is 2. The van der Waals surface area contributed by atoms with Gasteiger partial charge in [0.15, 0.2) is 0 Å². The van der Waals surface area contributed by atoms with Gasteiger partial charge < -0.3 is 10.4 Å². The highest BCUT2D eigenvalue weighted by molar-refractivity contribution is 5.98. The van der Waals surface area contributed by atoms with Crippen molar-refractivity contribution in [3.63, 3.8) is 0 Å². The van der Waals surface area contributed by atoms with E-state index in [-0.39, 0.29) is 31.1 Å². The van der Waals surface area contributed by atoms with Crippen LogP contribution in [0.5, 0.6) is 0 Å². The van der Waals surface area contributed by atoms with Gasteiger partial charge in [-0.05, 0) is 31.0 Å². The Kier molecular flexibility index (Phi) is 6.26. The number of halogens is 1. The molecule has 4 N–H and O–H groups in total. The SMILES string of the molecule is Cc1ccc(Nc2[nH]c(=O)n(C)c(=O)c2C(=O)NOCCCO)c(F)c1. The third kappa shape index (κ3) is 4.35. The maximum Gasteiger partial charge on any atom is 0.329 e. The summed E-state index contributed by atoms with van der Waals surface area (Å²) in [5.41, 5.74) is 0.609. The van der Waals surface area contributed by atoms with Crippen LogP contribution in [-0.2, 0) is 11.9 Å². The predicted octanol–water partition coefficient (Wildman–Crippen LogP) is 0.309. The number of carbonyl (C=O) groups is 1. The predicted molar refractivity (Wildman–Crippen MR) is 91.8 cm³/mol. The molecule has 0 aliphatic carbocycles. The molecule has 0 bridgehead atoms. The summed E-state index contributed by atoms with van der Waals surface area (Å²) in [6, 6.07) is 4.31. The van der Waals surface area contributed by atoms with Crippen LogP contribution in [0.2, 0.25) is 0 Å². The number of aliphatic hydroxyl groups excluding tert-OH is 1. The first-order valence-electron chi connectivity index (χ1n) is 7.74. The van der Waals surface area contributed by atoms with Crippen molar-refractivity contribution in [2.75, 3.05) is 18.5 Å². The molecule has 1 amide bonds. The van der Waals surface area contributed by atoms with Gasteiger partial charge in [-0.3, -0.25) is 24.0 Å². The summed E-state index contributed by atoms with van der Waals surface area (Å²) in [5.74, 6) is -1.80. The molecule has 9 nitrogen and oxygen atoms in total. The van der Waals surface area contributed by atoms with Crippen molar-refractivity contribution in [3.05, 3.63) is 56.0 Å². The molecule has 0 aliphatic rings. The Labute approximate surface area is 147 Å². The number of nitrogens with one attached hydrogen (secondary N) is 3. The van der Waals surface area contributed by atoms with Gasteiger partial charge in [-0.2, -0.15) is 0 Å². The third-order valence-electron chi connectivity index (χ3n) is 3.49.